The first-order valence-corrected chi connectivity index (χ1v) is 48.3. The highest BCUT2D eigenvalue weighted by Gasteiger charge is 2.41. The Morgan fingerprint density at radius 1 is 0.410 bits per heavy atom. The van der Waals surface area contributed by atoms with E-state index in [4.69, 9.17) is 69.1 Å². The van der Waals surface area contributed by atoms with Crippen molar-refractivity contribution in [2.24, 2.45) is 42.3 Å². The quantitative estimate of drug-likeness (QED) is 0.00682. The minimum absolute atomic E-state index is 0.0157. The summed E-state index contributed by atoms with van der Waals surface area (Å²) in [4.78, 5) is 89.6. The van der Waals surface area contributed by atoms with E-state index >= 15 is 0 Å². The van der Waals surface area contributed by atoms with Gasteiger partial charge in [-0.25, -0.2) is 43.7 Å². The summed E-state index contributed by atoms with van der Waals surface area (Å²) in [5, 5.41) is 52.0. The van der Waals surface area contributed by atoms with Crippen molar-refractivity contribution in [3.63, 3.8) is 0 Å². The van der Waals surface area contributed by atoms with E-state index in [-0.39, 0.29) is 104 Å². The van der Waals surface area contributed by atoms with E-state index in [1.54, 1.807) is 48.5 Å². The van der Waals surface area contributed by atoms with Crippen LogP contribution in [0, 0.1) is 6.08 Å². The lowest BCUT2D eigenvalue weighted by molar-refractivity contribution is 0.139. The first-order chi connectivity index (χ1) is 57.6. The Morgan fingerprint density at radius 3 is 0.918 bits per heavy atom. The number of carbonyl (C=O) groups is 6. The number of nitrogens with one attached hydrogen (secondary N) is 5. The summed E-state index contributed by atoms with van der Waals surface area (Å²) >= 11 is 0. The SMILES string of the molecule is CC(C)(C)[Si](C)(C)OCC(CO[Si](C)(C)C(C)(C)C)N=C(N)N.CCC(CO[Si](C)(C)C(C)(C)C)N=C(NC(=O)OCc1ccccc1)NC(=O)OCc1ccccc1.NC(CO)CO.O=C(N=C(NC(=O)OCc1ccccc1)N1C=[C+]C=N1)OCc1ccccc1.O=C(NC(=NC(CO)CO)NC(=O)OCc1ccccc1)OCc1ccccc1. The van der Waals surface area contributed by atoms with Crippen LogP contribution in [-0.2, 0) is 81.3 Å². The van der Waals surface area contributed by atoms with Crippen molar-refractivity contribution in [1.29, 1.82) is 0 Å². The molecule has 0 fully saturated rings. The standard InChI is InChI=1S/C27H39N3O5Si.C20H16N4O4.C20H23N3O6.C16H39N3O2Si2.C3H9NO2/c1-7-23(20-35-36(5,6)27(2,3)4)28-24(29-25(31)33-18-21-14-10-8-11-15-21)30-26(32)34-19-22-16-12-9-13-17-22;25-19(27-14-16-8-3-1-4-9-16)22-18(24-13-7-12-21-24)23-20(26)28-15-17-10-5-2-6-11-17;24-11-17(12-25)21-18(22-19(26)28-13-15-7-3-1-4-8-15)23-20(27)29-14-16-9-5-2-6-10-16;1-15(2,3)22(7,8)20-11-13(19-14(17)18)12-21-23(9,10)16(4,5)6;4-3(1-5)2-6/h8-17,23H,7,18-20H2,1-6H3,(H2,28,29,30,31,32);1-6,8-13H,14-15H2;1-10,17,24-25H,11-14H2,(H2,21,22,23,26,27);13H,11-12H2,1-10H3,(H4,17,18,19);3,5-6H,1-2,4H2/p+1. The van der Waals surface area contributed by atoms with Crippen molar-refractivity contribution in [1.82, 2.24) is 31.6 Å². The molecule has 0 saturated heterocycles. The minimum atomic E-state index is -1.99. The number of allylic oxidation sites excluding steroid dienone is 1. The highest BCUT2D eigenvalue weighted by atomic mass is 28.4. The van der Waals surface area contributed by atoms with Gasteiger partial charge in [0.2, 0.25) is 17.9 Å². The van der Waals surface area contributed by atoms with Gasteiger partial charge in [0.05, 0.1) is 70.4 Å². The molecule has 0 aromatic heterocycles. The molecule has 0 saturated carbocycles. The van der Waals surface area contributed by atoms with Gasteiger partial charge in [0.25, 0.3) is 12.4 Å². The normalized spacial score (nSPS) is 12.1. The van der Waals surface area contributed by atoms with Crippen molar-refractivity contribution >= 4 is 91.6 Å². The number of alkyl carbamates (subject to hydrolysis) is 5. The molecule has 6 aromatic carbocycles. The third-order valence-corrected chi connectivity index (χ3v) is 32.4. The Bertz CT molecular complexity index is 4060. The van der Waals surface area contributed by atoms with Gasteiger partial charge in [0.1, 0.15) is 39.6 Å². The Morgan fingerprint density at radius 2 is 0.680 bits per heavy atom. The van der Waals surface area contributed by atoms with Gasteiger partial charge in [0, 0.05) is 0 Å². The topological polar surface area (TPSA) is 470 Å². The number of carbonyl (C=O) groups excluding carboxylic acids is 6. The van der Waals surface area contributed by atoms with Crippen molar-refractivity contribution in [3.8, 4) is 0 Å². The molecule has 6 amide bonds. The first kappa shape index (κ1) is 105. The van der Waals surface area contributed by atoms with Crippen LogP contribution in [0.4, 0.5) is 28.8 Å². The van der Waals surface area contributed by atoms with Crippen LogP contribution in [0.15, 0.2) is 213 Å². The molecule has 122 heavy (non-hydrogen) atoms. The summed E-state index contributed by atoms with van der Waals surface area (Å²) < 4.78 is 49.8. The van der Waals surface area contributed by atoms with Gasteiger partial charge >= 0.3 is 42.6 Å². The molecule has 7 rings (SSSR count). The van der Waals surface area contributed by atoms with Crippen LogP contribution in [0.2, 0.25) is 54.4 Å². The largest absolute Gasteiger partial charge is 0.444 e. The molecule has 15 N–H and O–H groups in total. The molecule has 666 valence electrons. The zero-order valence-corrected chi connectivity index (χ0v) is 76.0. The fraction of sp³-hybridized carbons (Fsp3) is 0.430. The molecule has 0 radical (unpaired) electrons. The van der Waals surface area contributed by atoms with E-state index in [0.717, 1.165) is 33.4 Å². The molecule has 1 aliphatic rings. The second-order valence-electron chi connectivity index (χ2n) is 31.9. The van der Waals surface area contributed by atoms with E-state index in [9.17, 15) is 39.0 Å². The van der Waals surface area contributed by atoms with Gasteiger partial charge in [-0.3, -0.25) is 26.6 Å². The summed E-state index contributed by atoms with van der Waals surface area (Å²) in [5.74, 6) is -0.420. The fourth-order valence-electron chi connectivity index (χ4n) is 8.49. The van der Waals surface area contributed by atoms with Gasteiger partial charge in [0.15, 0.2) is 30.9 Å². The number of guanidine groups is 4. The molecule has 1 atom stereocenters. The number of aliphatic imine (C=N–C) groups is 4. The zero-order valence-electron chi connectivity index (χ0n) is 73.0. The lowest BCUT2D eigenvalue weighted by atomic mass is 10.2. The molecule has 1 unspecified atom stereocenters. The number of aliphatic hydroxyl groups is 4. The molecule has 1 aliphatic heterocycles. The van der Waals surface area contributed by atoms with Crippen LogP contribution in [0.3, 0.4) is 0 Å². The van der Waals surface area contributed by atoms with Crippen LogP contribution in [0.1, 0.15) is 109 Å². The number of rotatable bonds is 29. The smallest absolute Gasteiger partial charge is 0.437 e. The third-order valence-electron chi connectivity index (χ3n) is 18.9. The van der Waals surface area contributed by atoms with Gasteiger partial charge < -0.3 is 79.3 Å². The molecule has 0 spiro atoms. The van der Waals surface area contributed by atoms with Gasteiger partial charge in [-0.15, -0.1) is 10.1 Å². The average molecular weight is 1750 g/mol. The molecular weight excluding hydrogens is 1620 g/mol. The highest BCUT2D eigenvalue weighted by Crippen LogP contribution is 2.39. The van der Waals surface area contributed by atoms with Gasteiger partial charge in [-0.2, -0.15) is 5.01 Å². The highest BCUT2D eigenvalue weighted by molar-refractivity contribution is 6.75. The fourth-order valence-corrected chi connectivity index (χ4v) is 11.6. The number of ether oxygens (including phenoxy) is 6. The number of hydrogen-bond donors (Lipinski definition) is 12. The first-order valence-electron chi connectivity index (χ1n) is 39.6. The Labute approximate surface area is 720 Å². The lowest BCUT2D eigenvalue weighted by Gasteiger charge is -2.38. The summed E-state index contributed by atoms with van der Waals surface area (Å²) in [5.41, 5.74) is 21.0. The number of nitrogens with zero attached hydrogens (tertiary/aromatic N) is 6. The predicted octanol–water partition coefficient (Wildman–Crippen LogP) is 12.7. The van der Waals surface area contributed by atoms with E-state index < -0.39 is 86.8 Å². The third kappa shape index (κ3) is 44.4. The van der Waals surface area contributed by atoms with Crippen molar-refractivity contribution in [2.45, 2.75) is 194 Å². The maximum atomic E-state index is 12.5. The van der Waals surface area contributed by atoms with Crippen LogP contribution < -0.4 is 43.8 Å². The monoisotopic (exact) mass is 1740 g/mol. The van der Waals surface area contributed by atoms with E-state index in [1.165, 1.54) is 17.4 Å². The molecule has 36 heteroatoms. The zero-order chi connectivity index (χ0) is 90.8. The van der Waals surface area contributed by atoms with Crippen molar-refractivity contribution in [2.75, 3.05) is 46.2 Å². The number of hydrogen-bond acceptors (Lipinski definition) is 24. The molecule has 0 bridgehead atoms. The predicted molar refractivity (Wildman–Crippen MR) is 479 cm³/mol. The number of hydrazone groups is 1. The van der Waals surface area contributed by atoms with Crippen molar-refractivity contribution < 1.29 is 90.9 Å². The Balaban J connectivity index is 0.000000415. The van der Waals surface area contributed by atoms with Gasteiger partial charge in [-0.05, 0) is 94.2 Å². The maximum Gasteiger partial charge on any atom is 0.437 e. The van der Waals surface area contributed by atoms with Crippen LogP contribution in [0.5, 0.6) is 0 Å². The van der Waals surface area contributed by atoms with Crippen LogP contribution in [-0.4, -0.2) is 187 Å². The molecule has 1 heterocycles. The minimum Gasteiger partial charge on any atom is -0.444 e. The summed E-state index contributed by atoms with van der Waals surface area (Å²) in [6.45, 7) is 35.5. The second-order valence-corrected chi connectivity index (χ2v) is 46.3. The molecule has 6 aromatic rings. The number of benzene rings is 6. The average Bonchev–Trinajstić information content (AvgIpc) is 1.02. The summed E-state index contributed by atoms with van der Waals surface area (Å²) in [7, 11) is -5.64. The molecule has 33 nitrogen and oxygen atoms in total. The van der Waals surface area contributed by atoms with Crippen LogP contribution >= 0.6 is 0 Å². The van der Waals surface area contributed by atoms with E-state index in [2.05, 4.69) is 159 Å². The number of nitrogens with two attached hydrogens (primary N) is 3. The Kier molecular flexibility index (Phi) is 47.4. The summed E-state index contributed by atoms with van der Waals surface area (Å²) in [6, 6.07) is 53.2. The van der Waals surface area contributed by atoms with E-state index in [1.807, 2.05) is 140 Å². The number of amides is 6. The van der Waals surface area contributed by atoms with Crippen LogP contribution in [0.25, 0.3) is 0 Å². The Hall–Kier alpha value is -11.1. The summed E-state index contributed by atoms with van der Waals surface area (Å²) in [6.07, 6.45) is 1.25. The van der Waals surface area contributed by atoms with Gasteiger partial charge in [-0.1, -0.05) is 251 Å². The maximum absolute atomic E-state index is 12.5. The molecular formula is C86H127N14O19Si3+. The second kappa shape index (κ2) is 55.0. The van der Waals surface area contributed by atoms with E-state index in [0.29, 0.717) is 26.2 Å². The molecule has 0 aliphatic carbocycles. The van der Waals surface area contributed by atoms with Crippen molar-refractivity contribution in [3.05, 3.63) is 228 Å². The number of aliphatic hydroxyl groups excluding tert-OH is 4. The lowest BCUT2D eigenvalue weighted by Crippen LogP contribution is -2.46.